The molecular formula is C22H12F5N5O4. The van der Waals surface area contributed by atoms with Gasteiger partial charge >= 0.3 is 17.8 Å². The van der Waals surface area contributed by atoms with Crippen LogP contribution in [0.25, 0.3) is 27.8 Å². The van der Waals surface area contributed by atoms with Gasteiger partial charge in [-0.05, 0) is 36.4 Å². The molecule has 0 bridgehead atoms. The first-order valence-electron chi connectivity index (χ1n) is 10.1. The molecule has 0 spiro atoms. The van der Waals surface area contributed by atoms with Crippen LogP contribution in [-0.2, 0) is 12.7 Å². The van der Waals surface area contributed by atoms with Crippen LogP contribution in [0.3, 0.4) is 0 Å². The summed E-state index contributed by atoms with van der Waals surface area (Å²) in [7, 11) is 0. The van der Waals surface area contributed by atoms with Crippen molar-refractivity contribution in [1.82, 2.24) is 24.1 Å². The number of carboxylic acids is 1. The molecule has 0 amide bonds. The Morgan fingerprint density at radius 2 is 1.83 bits per heavy atom. The fourth-order valence-electron chi connectivity index (χ4n) is 4.07. The summed E-state index contributed by atoms with van der Waals surface area (Å²) in [4.78, 5) is 46.8. The number of alkyl halides is 3. The van der Waals surface area contributed by atoms with Gasteiger partial charge in [0.15, 0.2) is 11.3 Å². The average molecular weight is 505 g/mol. The largest absolute Gasteiger partial charge is 0.477 e. The fourth-order valence-corrected chi connectivity index (χ4v) is 4.07. The molecule has 14 heteroatoms. The van der Waals surface area contributed by atoms with E-state index in [1.807, 2.05) is 0 Å². The van der Waals surface area contributed by atoms with Gasteiger partial charge in [-0.25, -0.2) is 27.9 Å². The number of H-pyrrole nitrogens is 2. The maximum absolute atomic E-state index is 14.4. The summed E-state index contributed by atoms with van der Waals surface area (Å²) in [6.45, 7) is -0.633. The van der Waals surface area contributed by atoms with Crippen molar-refractivity contribution in [2.75, 3.05) is 0 Å². The van der Waals surface area contributed by atoms with Gasteiger partial charge < -0.3 is 14.7 Å². The first kappa shape index (κ1) is 23.0. The number of carbonyl (C=O) groups is 1. The third kappa shape index (κ3) is 3.54. The lowest BCUT2D eigenvalue weighted by atomic mass is 10.1. The molecule has 5 rings (SSSR count). The fraction of sp³-hybridized carbons (Fsp3) is 0.0909. The maximum atomic E-state index is 14.4. The number of nitrogens with zero attached hydrogens (tertiary/aromatic N) is 3. The van der Waals surface area contributed by atoms with Gasteiger partial charge in [0.05, 0.1) is 29.6 Å². The lowest BCUT2D eigenvalue weighted by Crippen LogP contribution is -2.34. The standard InChI is InChI=1S/C22H12F5N5O4/c23-11-2-3-13(24)9(5-11)7-31-14-4-1-10(22(25,26)27)6-12(14)16(17(31)20(34)35)32-19(33)15-18(29-8-28-15)30-21(32)36/h1-6,8H,7H2,(H,28,29)(H,30,36)(H,34,35). The number of benzene rings is 2. The van der Waals surface area contributed by atoms with E-state index in [-0.39, 0.29) is 22.2 Å². The van der Waals surface area contributed by atoms with E-state index >= 15 is 0 Å². The van der Waals surface area contributed by atoms with Gasteiger partial charge in [0.1, 0.15) is 17.2 Å². The van der Waals surface area contributed by atoms with E-state index < -0.39 is 63.9 Å². The first-order valence-corrected chi connectivity index (χ1v) is 10.1. The molecule has 0 radical (unpaired) electrons. The van der Waals surface area contributed by atoms with Crippen LogP contribution in [0.4, 0.5) is 22.0 Å². The molecule has 3 N–H and O–H groups in total. The number of imidazole rings is 1. The van der Waals surface area contributed by atoms with Crippen LogP contribution in [-0.4, -0.2) is 35.2 Å². The summed E-state index contributed by atoms with van der Waals surface area (Å²) in [5, 5.41) is 9.61. The Morgan fingerprint density at radius 1 is 1.08 bits per heavy atom. The molecule has 2 aromatic carbocycles. The minimum absolute atomic E-state index is 0.153. The molecule has 3 aromatic heterocycles. The lowest BCUT2D eigenvalue weighted by Gasteiger charge is -2.11. The van der Waals surface area contributed by atoms with Crippen LogP contribution in [0.15, 0.2) is 52.3 Å². The third-order valence-electron chi connectivity index (χ3n) is 5.61. The van der Waals surface area contributed by atoms with Crippen LogP contribution in [0.5, 0.6) is 0 Å². The minimum Gasteiger partial charge on any atom is -0.477 e. The molecule has 3 heterocycles. The quantitative estimate of drug-likeness (QED) is 0.323. The highest BCUT2D eigenvalue weighted by atomic mass is 19.4. The zero-order valence-electron chi connectivity index (χ0n) is 17.7. The van der Waals surface area contributed by atoms with Gasteiger partial charge in [-0.15, -0.1) is 0 Å². The van der Waals surface area contributed by atoms with Gasteiger partial charge in [-0.2, -0.15) is 13.2 Å². The van der Waals surface area contributed by atoms with Crippen LogP contribution in [0.1, 0.15) is 21.6 Å². The molecular weight excluding hydrogens is 493 g/mol. The Morgan fingerprint density at radius 3 is 2.53 bits per heavy atom. The molecule has 0 saturated carbocycles. The lowest BCUT2D eigenvalue weighted by molar-refractivity contribution is -0.137. The Balaban J connectivity index is 1.94. The number of aromatic carboxylic acids is 1. The third-order valence-corrected chi connectivity index (χ3v) is 5.61. The van der Waals surface area contributed by atoms with Gasteiger partial charge in [-0.1, -0.05) is 0 Å². The zero-order chi connectivity index (χ0) is 25.9. The van der Waals surface area contributed by atoms with E-state index in [4.69, 9.17) is 0 Å². The molecule has 0 aliphatic carbocycles. The topological polar surface area (TPSA) is 126 Å². The number of hydrogen-bond acceptors (Lipinski definition) is 4. The number of halogens is 5. The maximum Gasteiger partial charge on any atom is 0.416 e. The monoisotopic (exact) mass is 505 g/mol. The van der Waals surface area contributed by atoms with E-state index in [1.165, 1.54) is 0 Å². The molecule has 5 aromatic rings. The van der Waals surface area contributed by atoms with E-state index in [9.17, 15) is 41.4 Å². The predicted molar refractivity (Wildman–Crippen MR) is 115 cm³/mol. The van der Waals surface area contributed by atoms with Crippen molar-refractivity contribution in [2.24, 2.45) is 0 Å². The normalized spacial score (nSPS) is 12.0. The number of fused-ring (bicyclic) bond motifs is 2. The molecule has 9 nitrogen and oxygen atoms in total. The van der Waals surface area contributed by atoms with Gasteiger partial charge in [0, 0.05) is 10.9 Å². The summed E-state index contributed by atoms with van der Waals surface area (Å²) < 4.78 is 70.0. The van der Waals surface area contributed by atoms with Crippen LogP contribution < -0.4 is 11.2 Å². The van der Waals surface area contributed by atoms with Crippen LogP contribution >= 0.6 is 0 Å². The summed E-state index contributed by atoms with van der Waals surface area (Å²) in [5.41, 5.74) is -5.79. The number of rotatable bonds is 4. The minimum atomic E-state index is -4.85. The van der Waals surface area contributed by atoms with Crippen molar-refractivity contribution in [3.63, 3.8) is 0 Å². The number of hydrogen-bond donors (Lipinski definition) is 3. The average Bonchev–Trinajstić information content (AvgIpc) is 3.38. The van der Waals surface area contributed by atoms with Crippen molar-refractivity contribution in [1.29, 1.82) is 0 Å². The number of nitrogens with one attached hydrogen (secondary N) is 2. The Hall–Kier alpha value is -4.75. The second-order valence-corrected chi connectivity index (χ2v) is 7.75. The van der Waals surface area contributed by atoms with Crippen molar-refractivity contribution >= 4 is 28.0 Å². The summed E-state index contributed by atoms with van der Waals surface area (Å²) >= 11 is 0. The zero-order valence-corrected chi connectivity index (χ0v) is 17.7. The van der Waals surface area contributed by atoms with Crippen molar-refractivity contribution in [3.05, 3.63) is 92.0 Å². The molecule has 0 aliphatic rings. The molecule has 36 heavy (non-hydrogen) atoms. The summed E-state index contributed by atoms with van der Waals surface area (Å²) in [6.07, 6.45) is -3.77. The Kier molecular flexibility index (Phi) is 5.05. The number of aromatic nitrogens is 5. The van der Waals surface area contributed by atoms with Crippen LogP contribution in [0.2, 0.25) is 0 Å². The van der Waals surface area contributed by atoms with E-state index in [1.54, 1.807) is 0 Å². The second kappa shape index (κ2) is 7.90. The van der Waals surface area contributed by atoms with Gasteiger partial charge in [0.2, 0.25) is 0 Å². The molecule has 0 saturated heterocycles. The van der Waals surface area contributed by atoms with E-state index in [0.717, 1.165) is 35.2 Å². The van der Waals surface area contributed by atoms with Gasteiger partial charge in [0.25, 0.3) is 5.56 Å². The Bertz CT molecular complexity index is 1810. The van der Waals surface area contributed by atoms with Crippen LogP contribution in [0, 0.1) is 11.6 Å². The highest BCUT2D eigenvalue weighted by molar-refractivity contribution is 6.03. The SMILES string of the molecule is O=C(O)c1c(-n2c(=O)[nH]c3nc[nH]c3c2=O)c2cc(C(F)(F)F)ccc2n1Cc1cc(F)ccc1F. The Labute approximate surface area is 195 Å². The smallest absolute Gasteiger partial charge is 0.416 e. The molecule has 0 atom stereocenters. The number of carboxylic acid groups (broad SMARTS) is 1. The first-order chi connectivity index (χ1) is 17.0. The molecule has 0 aliphatic heterocycles. The number of aromatic amines is 2. The molecule has 184 valence electrons. The highest BCUT2D eigenvalue weighted by Gasteiger charge is 2.33. The van der Waals surface area contributed by atoms with Gasteiger partial charge in [-0.3, -0.25) is 9.78 Å². The van der Waals surface area contributed by atoms with Crippen molar-refractivity contribution in [3.8, 4) is 5.69 Å². The second-order valence-electron chi connectivity index (χ2n) is 7.75. The highest BCUT2D eigenvalue weighted by Crippen LogP contribution is 2.36. The molecule has 0 unspecified atom stereocenters. The predicted octanol–water partition coefficient (Wildman–Crippen LogP) is 3.40. The summed E-state index contributed by atoms with van der Waals surface area (Å²) in [6, 6.07) is 4.62. The molecule has 0 fully saturated rings. The van der Waals surface area contributed by atoms with E-state index in [0.29, 0.717) is 16.7 Å². The van der Waals surface area contributed by atoms with E-state index in [2.05, 4.69) is 15.0 Å². The van der Waals surface area contributed by atoms with Crippen molar-refractivity contribution in [2.45, 2.75) is 12.7 Å². The van der Waals surface area contributed by atoms with Crippen molar-refractivity contribution < 1.29 is 31.9 Å². The summed E-state index contributed by atoms with van der Waals surface area (Å²) in [5.74, 6) is -3.48.